The largest absolute Gasteiger partial charge is 0.480 e. The minimum Gasteiger partial charge on any atom is -0.480 e. The molecule has 2 N–H and O–H groups in total. The van der Waals surface area contributed by atoms with Crippen molar-refractivity contribution in [2.45, 2.75) is 38.1 Å². The van der Waals surface area contributed by atoms with Crippen LogP contribution < -0.4 is 5.32 Å². The van der Waals surface area contributed by atoms with E-state index in [1.807, 2.05) is 0 Å². The highest BCUT2D eigenvalue weighted by Crippen LogP contribution is 2.36. The topological polar surface area (TPSA) is 49.3 Å². The van der Waals surface area contributed by atoms with Gasteiger partial charge in [0.1, 0.15) is 6.04 Å². The molecule has 2 fully saturated rings. The SMILES string of the molecule is O=C(O)C1NCC[C@H]2CCCC[C@@H]12. The molecule has 2 rings (SSSR count). The molecule has 1 aliphatic heterocycles. The van der Waals surface area contributed by atoms with Crippen molar-refractivity contribution in [3.05, 3.63) is 0 Å². The summed E-state index contributed by atoms with van der Waals surface area (Å²) >= 11 is 0. The summed E-state index contributed by atoms with van der Waals surface area (Å²) in [6, 6.07) is -0.265. The molecule has 0 radical (unpaired) electrons. The molecule has 0 bridgehead atoms. The summed E-state index contributed by atoms with van der Waals surface area (Å²) in [5.74, 6) is 0.424. The zero-order valence-electron chi connectivity index (χ0n) is 7.83. The van der Waals surface area contributed by atoms with Crippen molar-refractivity contribution >= 4 is 5.97 Å². The van der Waals surface area contributed by atoms with Crippen LogP contribution >= 0.6 is 0 Å². The number of carboxylic acids is 1. The summed E-state index contributed by atoms with van der Waals surface area (Å²) < 4.78 is 0. The predicted molar refractivity (Wildman–Crippen MR) is 49.5 cm³/mol. The van der Waals surface area contributed by atoms with E-state index in [4.69, 9.17) is 5.11 Å². The number of carbonyl (C=O) groups is 1. The number of fused-ring (bicyclic) bond motifs is 1. The molecule has 74 valence electrons. The standard InChI is InChI=1S/C10H17NO2/c12-10(13)9-8-4-2-1-3-7(8)5-6-11-9/h7-9,11H,1-6H2,(H,12,13)/t7-,8-,9?/m1/s1. The third-order valence-corrected chi connectivity index (χ3v) is 3.54. The first-order valence-electron chi connectivity index (χ1n) is 5.25. The van der Waals surface area contributed by atoms with Gasteiger partial charge in [-0.25, -0.2) is 0 Å². The van der Waals surface area contributed by atoms with Crippen LogP contribution in [-0.4, -0.2) is 23.7 Å². The van der Waals surface area contributed by atoms with Crippen molar-refractivity contribution in [1.82, 2.24) is 5.32 Å². The number of piperidine rings is 1. The molecule has 0 aromatic rings. The monoisotopic (exact) mass is 183 g/mol. The summed E-state index contributed by atoms with van der Waals surface area (Å²) in [6.07, 6.45) is 6.04. The van der Waals surface area contributed by atoms with Gasteiger partial charge in [-0.2, -0.15) is 0 Å². The average molecular weight is 183 g/mol. The van der Waals surface area contributed by atoms with E-state index in [0.717, 1.165) is 13.0 Å². The molecule has 1 saturated carbocycles. The van der Waals surface area contributed by atoms with Crippen molar-refractivity contribution < 1.29 is 9.90 Å². The Morgan fingerprint density at radius 1 is 1.23 bits per heavy atom. The normalized spacial score (nSPS) is 39.5. The van der Waals surface area contributed by atoms with Gasteiger partial charge in [0, 0.05) is 0 Å². The van der Waals surface area contributed by atoms with Crippen LogP contribution in [0.1, 0.15) is 32.1 Å². The molecule has 1 aliphatic carbocycles. The van der Waals surface area contributed by atoms with Crippen LogP contribution in [0.5, 0.6) is 0 Å². The van der Waals surface area contributed by atoms with Crippen LogP contribution in [-0.2, 0) is 4.79 Å². The number of hydrogen-bond donors (Lipinski definition) is 2. The fraction of sp³-hybridized carbons (Fsp3) is 0.900. The van der Waals surface area contributed by atoms with Gasteiger partial charge in [-0.1, -0.05) is 19.3 Å². The van der Waals surface area contributed by atoms with E-state index in [0.29, 0.717) is 11.8 Å². The van der Waals surface area contributed by atoms with E-state index in [9.17, 15) is 4.79 Å². The summed E-state index contributed by atoms with van der Waals surface area (Å²) in [6.45, 7) is 0.887. The van der Waals surface area contributed by atoms with Gasteiger partial charge >= 0.3 is 5.97 Å². The molecule has 0 aromatic heterocycles. The van der Waals surface area contributed by atoms with E-state index < -0.39 is 5.97 Å². The second kappa shape index (κ2) is 3.66. The van der Waals surface area contributed by atoms with Crippen molar-refractivity contribution in [3.63, 3.8) is 0 Å². The number of aliphatic carboxylic acids is 1. The second-order valence-electron chi connectivity index (χ2n) is 4.27. The molecule has 1 saturated heterocycles. The first kappa shape index (κ1) is 9.00. The van der Waals surface area contributed by atoms with Gasteiger partial charge in [-0.05, 0) is 31.2 Å². The minimum atomic E-state index is -0.656. The second-order valence-corrected chi connectivity index (χ2v) is 4.27. The highest BCUT2D eigenvalue weighted by atomic mass is 16.4. The van der Waals surface area contributed by atoms with Crippen LogP contribution in [0.3, 0.4) is 0 Å². The number of hydrogen-bond acceptors (Lipinski definition) is 2. The van der Waals surface area contributed by atoms with Gasteiger partial charge in [0.15, 0.2) is 0 Å². The molecule has 13 heavy (non-hydrogen) atoms. The lowest BCUT2D eigenvalue weighted by Crippen LogP contribution is -2.51. The fourth-order valence-corrected chi connectivity index (χ4v) is 2.88. The van der Waals surface area contributed by atoms with Crippen LogP contribution in [0.15, 0.2) is 0 Å². The smallest absolute Gasteiger partial charge is 0.320 e. The van der Waals surface area contributed by atoms with Gasteiger partial charge in [-0.3, -0.25) is 4.79 Å². The Bertz CT molecular complexity index is 203. The summed E-state index contributed by atoms with van der Waals surface area (Å²) in [7, 11) is 0. The number of nitrogens with one attached hydrogen (secondary N) is 1. The molecule has 1 unspecified atom stereocenters. The van der Waals surface area contributed by atoms with Gasteiger partial charge in [-0.15, -0.1) is 0 Å². The number of carboxylic acid groups (broad SMARTS) is 1. The molecular weight excluding hydrogens is 166 g/mol. The molecule has 0 spiro atoms. The average Bonchev–Trinajstić information content (AvgIpc) is 2.17. The Hall–Kier alpha value is -0.570. The molecule has 0 aromatic carbocycles. The Morgan fingerprint density at radius 2 is 2.00 bits per heavy atom. The minimum absolute atomic E-state index is 0.265. The van der Waals surface area contributed by atoms with E-state index >= 15 is 0 Å². The summed E-state index contributed by atoms with van der Waals surface area (Å²) in [5, 5.41) is 12.1. The molecule has 3 heteroatoms. The van der Waals surface area contributed by atoms with Crippen LogP contribution in [0, 0.1) is 11.8 Å². The van der Waals surface area contributed by atoms with Crippen molar-refractivity contribution in [2.24, 2.45) is 11.8 Å². The van der Waals surface area contributed by atoms with Gasteiger partial charge < -0.3 is 10.4 Å². The third-order valence-electron chi connectivity index (χ3n) is 3.54. The van der Waals surface area contributed by atoms with Gasteiger partial charge in [0.05, 0.1) is 0 Å². The maximum absolute atomic E-state index is 10.9. The van der Waals surface area contributed by atoms with Crippen molar-refractivity contribution in [2.75, 3.05) is 6.54 Å². The van der Waals surface area contributed by atoms with Crippen LogP contribution in [0.2, 0.25) is 0 Å². The van der Waals surface area contributed by atoms with Crippen LogP contribution in [0.25, 0.3) is 0 Å². The molecular formula is C10H17NO2. The lowest BCUT2D eigenvalue weighted by Gasteiger charge is -2.39. The lowest BCUT2D eigenvalue weighted by molar-refractivity contribution is -0.143. The zero-order chi connectivity index (χ0) is 9.26. The Balaban J connectivity index is 2.06. The van der Waals surface area contributed by atoms with E-state index in [1.165, 1.54) is 25.7 Å². The maximum Gasteiger partial charge on any atom is 0.320 e. The molecule has 3 nitrogen and oxygen atoms in total. The summed E-state index contributed by atoms with van der Waals surface area (Å²) in [4.78, 5) is 10.9. The van der Waals surface area contributed by atoms with E-state index in [1.54, 1.807) is 0 Å². The molecule has 0 amide bonds. The predicted octanol–water partition coefficient (Wildman–Crippen LogP) is 1.24. The molecule has 3 atom stereocenters. The molecule has 2 aliphatic rings. The third kappa shape index (κ3) is 1.70. The lowest BCUT2D eigenvalue weighted by atomic mass is 9.72. The first-order chi connectivity index (χ1) is 6.29. The zero-order valence-corrected chi connectivity index (χ0v) is 7.83. The van der Waals surface area contributed by atoms with Crippen molar-refractivity contribution in [3.8, 4) is 0 Å². The highest BCUT2D eigenvalue weighted by molar-refractivity contribution is 5.74. The molecule has 1 heterocycles. The number of rotatable bonds is 1. The first-order valence-corrected chi connectivity index (χ1v) is 5.25. The Labute approximate surface area is 78.5 Å². The van der Waals surface area contributed by atoms with Gasteiger partial charge in [0.2, 0.25) is 0 Å². The maximum atomic E-state index is 10.9. The Morgan fingerprint density at radius 3 is 2.77 bits per heavy atom. The van der Waals surface area contributed by atoms with E-state index in [-0.39, 0.29) is 6.04 Å². The fourth-order valence-electron chi connectivity index (χ4n) is 2.88. The van der Waals surface area contributed by atoms with Gasteiger partial charge in [0.25, 0.3) is 0 Å². The highest BCUT2D eigenvalue weighted by Gasteiger charge is 2.38. The van der Waals surface area contributed by atoms with Crippen molar-refractivity contribution in [1.29, 1.82) is 0 Å². The Kier molecular flexibility index (Phi) is 2.54. The van der Waals surface area contributed by atoms with Crippen LogP contribution in [0.4, 0.5) is 0 Å². The quantitative estimate of drug-likeness (QED) is 0.643. The van der Waals surface area contributed by atoms with E-state index in [2.05, 4.69) is 5.32 Å². The summed E-state index contributed by atoms with van der Waals surface area (Å²) in [5.41, 5.74) is 0.